The maximum Gasteiger partial charge on any atom is 0.448 e. The maximum atomic E-state index is 14.0. The van der Waals surface area contributed by atoms with Gasteiger partial charge in [0.15, 0.2) is 0 Å². The highest BCUT2D eigenvalue weighted by Gasteiger charge is 2.65. The average Bonchev–Trinajstić information content (AvgIpc) is 2.59. The summed E-state index contributed by atoms with van der Waals surface area (Å²) < 4.78 is 56.6. The van der Waals surface area contributed by atoms with Crippen LogP contribution in [-0.4, -0.2) is 50.2 Å². The first-order chi connectivity index (χ1) is 12.7. The number of amides is 1. The van der Waals surface area contributed by atoms with Crippen LogP contribution in [0.25, 0.3) is 0 Å². The fourth-order valence-electron chi connectivity index (χ4n) is 2.51. The lowest BCUT2D eigenvalue weighted by atomic mass is 9.84. The molecule has 150 valence electrons. The van der Waals surface area contributed by atoms with Crippen LogP contribution in [0.4, 0.5) is 13.2 Å². The first kappa shape index (κ1) is 21.2. The molecule has 27 heavy (non-hydrogen) atoms. The van der Waals surface area contributed by atoms with Crippen molar-refractivity contribution in [3.8, 4) is 0 Å². The molecule has 9 heteroatoms. The van der Waals surface area contributed by atoms with Crippen LogP contribution in [0, 0.1) is 5.41 Å². The third-order valence-electron chi connectivity index (χ3n) is 4.45. The topological polar surface area (TPSA) is 73.9 Å². The Hall–Kier alpha value is -2.13. The number of rotatable bonds is 8. The van der Waals surface area contributed by atoms with E-state index in [0.29, 0.717) is 6.42 Å². The minimum atomic E-state index is -5.23. The molecule has 1 fully saturated rings. The van der Waals surface area contributed by atoms with Gasteiger partial charge in [0.2, 0.25) is 0 Å². The van der Waals surface area contributed by atoms with Gasteiger partial charge >= 0.3 is 17.9 Å². The van der Waals surface area contributed by atoms with E-state index in [1.54, 1.807) is 18.3 Å². The molecular formula is C18H22F3NO5. The second-order valence-corrected chi connectivity index (χ2v) is 6.35. The SMILES string of the molecule is CCOC(=O)[C@](NC(=O)c1ccccc1)(OCC1(CC)COC1)C(F)(F)F. The molecule has 6 nitrogen and oxygen atoms in total. The van der Waals surface area contributed by atoms with Gasteiger partial charge in [-0.05, 0) is 25.5 Å². The predicted molar refractivity (Wildman–Crippen MR) is 88.8 cm³/mol. The van der Waals surface area contributed by atoms with E-state index in [-0.39, 0.29) is 25.4 Å². The van der Waals surface area contributed by atoms with Crippen molar-refractivity contribution in [2.45, 2.75) is 32.2 Å². The monoisotopic (exact) mass is 389 g/mol. The van der Waals surface area contributed by atoms with Gasteiger partial charge in [0.1, 0.15) is 0 Å². The lowest BCUT2D eigenvalue weighted by molar-refractivity contribution is -0.298. The van der Waals surface area contributed by atoms with Crippen LogP contribution < -0.4 is 5.32 Å². The van der Waals surface area contributed by atoms with Gasteiger partial charge in [0.25, 0.3) is 5.91 Å². The molecule has 1 aromatic carbocycles. The van der Waals surface area contributed by atoms with Gasteiger partial charge in [0, 0.05) is 11.0 Å². The van der Waals surface area contributed by atoms with Crippen molar-refractivity contribution >= 4 is 11.9 Å². The number of alkyl halides is 3. The molecule has 1 amide bonds. The van der Waals surface area contributed by atoms with E-state index in [0.717, 1.165) is 0 Å². The van der Waals surface area contributed by atoms with E-state index in [4.69, 9.17) is 9.47 Å². The smallest absolute Gasteiger partial charge is 0.448 e. The van der Waals surface area contributed by atoms with Crippen molar-refractivity contribution < 1.29 is 37.0 Å². The fraction of sp³-hybridized carbons (Fsp3) is 0.556. The summed E-state index contributed by atoms with van der Waals surface area (Å²) in [6.45, 7) is 2.86. The Labute approximate surface area is 155 Å². The van der Waals surface area contributed by atoms with E-state index < -0.39 is 35.8 Å². The highest BCUT2D eigenvalue weighted by Crippen LogP contribution is 2.38. The Morgan fingerprint density at radius 2 is 1.81 bits per heavy atom. The van der Waals surface area contributed by atoms with E-state index in [1.807, 2.05) is 0 Å². The van der Waals surface area contributed by atoms with Crippen molar-refractivity contribution in [3.63, 3.8) is 0 Å². The van der Waals surface area contributed by atoms with Crippen molar-refractivity contribution in [1.82, 2.24) is 5.32 Å². The molecule has 0 unspecified atom stereocenters. The number of esters is 1. The first-order valence-corrected chi connectivity index (χ1v) is 8.53. The molecule has 1 atom stereocenters. The van der Waals surface area contributed by atoms with Crippen LogP contribution in [0.15, 0.2) is 30.3 Å². The Morgan fingerprint density at radius 1 is 1.19 bits per heavy atom. The molecule has 1 saturated heterocycles. The van der Waals surface area contributed by atoms with Crippen LogP contribution >= 0.6 is 0 Å². The molecule has 1 heterocycles. The minimum Gasteiger partial charge on any atom is -0.462 e. The number of halogens is 3. The van der Waals surface area contributed by atoms with Crippen molar-refractivity contribution in [1.29, 1.82) is 0 Å². The largest absolute Gasteiger partial charge is 0.462 e. The Bertz CT molecular complexity index is 655. The van der Waals surface area contributed by atoms with Gasteiger partial charge in [-0.25, -0.2) is 4.79 Å². The van der Waals surface area contributed by atoms with Gasteiger partial charge < -0.3 is 19.5 Å². The molecule has 1 N–H and O–H groups in total. The number of benzene rings is 1. The second kappa shape index (κ2) is 8.26. The fourth-order valence-corrected chi connectivity index (χ4v) is 2.51. The van der Waals surface area contributed by atoms with Crippen LogP contribution in [0.3, 0.4) is 0 Å². The normalized spacial score (nSPS) is 18.1. The zero-order valence-corrected chi connectivity index (χ0v) is 15.1. The Morgan fingerprint density at radius 3 is 2.26 bits per heavy atom. The molecule has 0 saturated carbocycles. The molecule has 0 radical (unpaired) electrons. The van der Waals surface area contributed by atoms with Crippen LogP contribution in [0.2, 0.25) is 0 Å². The van der Waals surface area contributed by atoms with E-state index in [9.17, 15) is 22.8 Å². The summed E-state index contributed by atoms with van der Waals surface area (Å²) in [7, 11) is 0. The number of hydrogen-bond acceptors (Lipinski definition) is 5. The molecule has 1 aliphatic heterocycles. The summed E-state index contributed by atoms with van der Waals surface area (Å²) in [6.07, 6.45) is -4.74. The zero-order valence-electron chi connectivity index (χ0n) is 15.1. The number of ether oxygens (including phenoxy) is 3. The lowest BCUT2D eigenvalue weighted by Gasteiger charge is -2.43. The molecule has 0 aromatic heterocycles. The number of carbonyl (C=O) groups excluding carboxylic acids is 2. The Kier molecular flexibility index (Phi) is 6.48. The highest BCUT2D eigenvalue weighted by atomic mass is 19.4. The van der Waals surface area contributed by atoms with Gasteiger partial charge in [0.05, 0.1) is 26.4 Å². The molecule has 1 aromatic rings. The molecule has 0 spiro atoms. The van der Waals surface area contributed by atoms with Crippen LogP contribution in [-0.2, 0) is 19.0 Å². The van der Waals surface area contributed by atoms with E-state index >= 15 is 0 Å². The minimum absolute atomic E-state index is 0.0452. The number of nitrogens with one attached hydrogen (secondary N) is 1. The molecule has 0 bridgehead atoms. The average molecular weight is 389 g/mol. The number of carbonyl (C=O) groups is 2. The zero-order chi connectivity index (χ0) is 20.1. The summed E-state index contributed by atoms with van der Waals surface area (Å²) in [5, 5.41) is 1.71. The van der Waals surface area contributed by atoms with E-state index in [1.165, 1.54) is 31.2 Å². The van der Waals surface area contributed by atoms with Crippen molar-refractivity contribution in [3.05, 3.63) is 35.9 Å². The van der Waals surface area contributed by atoms with Crippen molar-refractivity contribution in [2.24, 2.45) is 5.41 Å². The standard InChI is InChI=1S/C18H22F3NO5/c1-3-16(10-25-11-16)12-27-17(18(19,20)21,15(24)26-4-2)22-14(23)13-8-6-5-7-9-13/h5-9H,3-4,10-12H2,1-2H3,(H,22,23)/t17-/m0/s1. The van der Waals surface area contributed by atoms with Crippen LogP contribution in [0.5, 0.6) is 0 Å². The van der Waals surface area contributed by atoms with Crippen molar-refractivity contribution in [2.75, 3.05) is 26.4 Å². The summed E-state index contributed by atoms with van der Waals surface area (Å²) in [6, 6.07) is 7.25. The summed E-state index contributed by atoms with van der Waals surface area (Å²) in [4.78, 5) is 24.6. The van der Waals surface area contributed by atoms with Gasteiger partial charge in [-0.3, -0.25) is 4.79 Å². The van der Waals surface area contributed by atoms with Crippen LogP contribution in [0.1, 0.15) is 30.6 Å². The summed E-state index contributed by atoms with van der Waals surface area (Å²) in [5.74, 6) is -2.82. The van der Waals surface area contributed by atoms with Gasteiger partial charge in [-0.1, -0.05) is 25.1 Å². The lowest BCUT2D eigenvalue weighted by Crippen LogP contribution is -2.67. The molecule has 1 aliphatic rings. The van der Waals surface area contributed by atoms with Gasteiger partial charge in [-0.15, -0.1) is 0 Å². The highest BCUT2D eigenvalue weighted by molar-refractivity contribution is 5.98. The molecule has 2 rings (SSSR count). The van der Waals surface area contributed by atoms with E-state index in [2.05, 4.69) is 4.74 Å². The predicted octanol–water partition coefficient (Wildman–Crippen LogP) is 2.68. The molecule has 0 aliphatic carbocycles. The quantitative estimate of drug-likeness (QED) is 0.547. The molecular weight excluding hydrogens is 367 g/mol. The third kappa shape index (κ3) is 4.41. The second-order valence-electron chi connectivity index (χ2n) is 6.35. The first-order valence-electron chi connectivity index (χ1n) is 8.53. The summed E-state index contributed by atoms with van der Waals surface area (Å²) in [5.41, 5.74) is -4.29. The number of hydrogen-bond donors (Lipinski definition) is 1. The van der Waals surface area contributed by atoms with Gasteiger partial charge in [-0.2, -0.15) is 13.2 Å². The third-order valence-corrected chi connectivity index (χ3v) is 4.45. The Balaban J connectivity index is 2.35. The summed E-state index contributed by atoms with van der Waals surface area (Å²) >= 11 is 0. The maximum absolute atomic E-state index is 14.0.